The summed E-state index contributed by atoms with van der Waals surface area (Å²) in [7, 11) is -0.609. The lowest BCUT2D eigenvalue weighted by atomic mass is 10.1. The summed E-state index contributed by atoms with van der Waals surface area (Å²) in [6, 6.07) is 4.99. The first-order valence-corrected chi connectivity index (χ1v) is 9.69. The zero-order valence-electron chi connectivity index (χ0n) is 14.6. The Morgan fingerprint density at radius 3 is 2.33 bits per heavy atom. The molecule has 7 heteroatoms. The van der Waals surface area contributed by atoms with Gasteiger partial charge in [-0.1, -0.05) is 44.2 Å². The molecule has 24 heavy (non-hydrogen) atoms. The molecule has 1 radical (unpaired) electrons. The molecule has 0 N–H and O–H groups in total. The monoisotopic (exact) mass is 356 g/mol. The van der Waals surface area contributed by atoms with Crippen LogP contribution in [0.1, 0.15) is 51.0 Å². The summed E-state index contributed by atoms with van der Waals surface area (Å²) >= 11 is 0. The predicted octanol–water partition coefficient (Wildman–Crippen LogP) is 3.62. The largest absolute Gasteiger partial charge is 0.493 e. The normalized spacial score (nSPS) is 11.6. The molecule has 0 bridgehead atoms. The Kier molecular flexibility index (Phi) is 9.22. The van der Waals surface area contributed by atoms with Crippen LogP contribution in [0, 0.1) is 0 Å². The molecular formula is C17H26NO5S. The van der Waals surface area contributed by atoms with Crippen LogP contribution in [0.5, 0.6) is 11.5 Å². The van der Waals surface area contributed by atoms with Gasteiger partial charge in [-0.25, -0.2) is 0 Å². The summed E-state index contributed by atoms with van der Waals surface area (Å²) < 4.78 is 38.3. The second kappa shape index (κ2) is 10.9. The molecule has 0 aromatic heterocycles. The second-order valence-electron chi connectivity index (χ2n) is 5.38. The molecule has 1 aromatic rings. The third kappa shape index (κ3) is 7.68. The maximum atomic E-state index is 11.7. The average molecular weight is 356 g/mol. The van der Waals surface area contributed by atoms with Crippen LogP contribution in [-0.4, -0.2) is 34.6 Å². The van der Waals surface area contributed by atoms with E-state index in [-0.39, 0.29) is 5.75 Å². The molecule has 0 fully saturated rings. The Balaban J connectivity index is 2.44. The van der Waals surface area contributed by atoms with Crippen LogP contribution in [0.3, 0.4) is 0 Å². The van der Waals surface area contributed by atoms with Gasteiger partial charge in [0.25, 0.3) is 0 Å². The summed E-state index contributed by atoms with van der Waals surface area (Å²) in [5.74, 6) is 1.04. The molecular weight excluding hydrogens is 330 g/mol. The highest BCUT2D eigenvalue weighted by Crippen LogP contribution is 2.26. The Bertz CT molecular complexity index is 613. The predicted molar refractivity (Wildman–Crippen MR) is 94.3 cm³/mol. The molecule has 135 valence electrons. The molecule has 0 unspecified atom stereocenters. The topological polar surface area (TPSA) is 74.2 Å². The second-order valence-corrected chi connectivity index (χ2v) is 7.05. The molecule has 0 aliphatic rings. The summed E-state index contributed by atoms with van der Waals surface area (Å²) in [5.41, 5.74) is 0.530. The maximum Gasteiger partial charge on any atom is 0.328 e. The van der Waals surface area contributed by atoms with E-state index in [1.165, 1.54) is 27.1 Å². The van der Waals surface area contributed by atoms with Gasteiger partial charge in [0.05, 0.1) is 20.0 Å². The van der Waals surface area contributed by atoms with E-state index in [2.05, 4.69) is 22.6 Å². The van der Waals surface area contributed by atoms with Crippen molar-refractivity contribution in [2.45, 2.75) is 45.4 Å². The zero-order chi connectivity index (χ0) is 17.8. The van der Waals surface area contributed by atoms with Crippen molar-refractivity contribution in [3.63, 3.8) is 0 Å². The van der Waals surface area contributed by atoms with E-state index in [1.54, 1.807) is 18.2 Å². The van der Waals surface area contributed by atoms with E-state index in [9.17, 15) is 8.42 Å². The number of methoxy groups -OCH3 is 2. The van der Waals surface area contributed by atoms with Gasteiger partial charge in [0.1, 0.15) is 6.21 Å². The maximum absolute atomic E-state index is 11.7. The molecule has 0 saturated carbocycles. The van der Waals surface area contributed by atoms with Gasteiger partial charge in [-0.2, -0.15) is 8.42 Å². The minimum Gasteiger partial charge on any atom is -0.493 e. The van der Waals surface area contributed by atoms with Crippen molar-refractivity contribution in [1.82, 2.24) is 0 Å². The van der Waals surface area contributed by atoms with Crippen LogP contribution in [-0.2, 0) is 14.4 Å². The van der Waals surface area contributed by atoms with Crippen LogP contribution < -0.4 is 9.47 Å². The van der Waals surface area contributed by atoms with E-state index in [1.807, 2.05) is 0 Å². The number of rotatable bonds is 12. The van der Waals surface area contributed by atoms with E-state index in [0.29, 0.717) is 23.5 Å². The van der Waals surface area contributed by atoms with E-state index >= 15 is 0 Å². The molecule has 0 aliphatic heterocycles. The van der Waals surface area contributed by atoms with E-state index in [4.69, 9.17) is 9.47 Å². The molecule has 0 atom stereocenters. The van der Waals surface area contributed by atoms with Gasteiger partial charge in [0, 0.05) is 5.56 Å². The summed E-state index contributed by atoms with van der Waals surface area (Å²) in [6.07, 6.45) is 8.54. The summed E-state index contributed by atoms with van der Waals surface area (Å²) in [4.78, 5) is 0. The van der Waals surface area contributed by atoms with Crippen molar-refractivity contribution < 1.29 is 22.2 Å². The third-order valence-corrected chi connectivity index (χ3v) is 4.55. The Morgan fingerprint density at radius 1 is 1.00 bits per heavy atom. The fourth-order valence-electron chi connectivity index (χ4n) is 2.13. The minimum atomic E-state index is -3.66. The van der Waals surface area contributed by atoms with Crippen LogP contribution in [0.2, 0.25) is 0 Å². The Morgan fingerprint density at radius 2 is 1.67 bits per heavy atom. The van der Waals surface area contributed by atoms with Crippen LogP contribution in [0.25, 0.3) is 0 Å². The van der Waals surface area contributed by atoms with Crippen molar-refractivity contribution in [3.05, 3.63) is 23.8 Å². The van der Waals surface area contributed by atoms with E-state index in [0.717, 1.165) is 19.3 Å². The lowest BCUT2D eigenvalue weighted by molar-refractivity contribution is 0.340. The van der Waals surface area contributed by atoms with Gasteiger partial charge in [-0.05, 0) is 24.6 Å². The van der Waals surface area contributed by atoms with Crippen molar-refractivity contribution >= 4 is 16.3 Å². The molecule has 1 rings (SSSR count). The van der Waals surface area contributed by atoms with Gasteiger partial charge in [-0.15, -0.1) is 0 Å². The van der Waals surface area contributed by atoms with Gasteiger partial charge in [0.15, 0.2) is 11.5 Å². The van der Waals surface area contributed by atoms with Gasteiger partial charge < -0.3 is 9.47 Å². The Labute approximate surface area is 144 Å². The average Bonchev–Trinajstić information content (AvgIpc) is 2.57. The molecule has 0 amide bonds. The number of hydrogen-bond donors (Lipinski definition) is 0. The van der Waals surface area contributed by atoms with Crippen molar-refractivity contribution in [3.8, 4) is 11.5 Å². The Hall–Kier alpha value is -1.76. The number of hydrogen-bond acceptors (Lipinski definition) is 6. The van der Waals surface area contributed by atoms with Crippen LogP contribution in [0.15, 0.2) is 23.4 Å². The molecule has 0 aliphatic carbocycles. The fourth-order valence-corrected chi connectivity index (χ4v) is 2.91. The SMILES string of the molecule is CCCCCCCCS(=O)(=O)ON=[C]c1ccc(OC)c(OC)c1. The van der Waals surface area contributed by atoms with Crippen molar-refractivity contribution in [1.29, 1.82) is 0 Å². The number of unbranched alkanes of at least 4 members (excludes halogenated alkanes) is 5. The molecule has 6 nitrogen and oxygen atoms in total. The standard InChI is InChI=1S/C17H26NO5S/c1-4-5-6-7-8-9-12-24(19,20)23-18-14-15-10-11-16(21-2)17(13-15)22-3/h10-11,13H,4-9,12H2,1-3H3. The molecule has 0 heterocycles. The van der Waals surface area contributed by atoms with Gasteiger partial charge >= 0.3 is 10.1 Å². The highest BCUT2D eigenvalue weighted by Gasteiger charge is 2.11. The van der Waals surface area contributed by atoms with E-state index < -0.39 is 10.1 Å². The number of benzene rings is 1. The first-order chi connectivity index (χ1) is 11.5. The highest BCUT2D eigenvalue weighted by molar-refractivity contribution is 7.86. The van der Waals surface area contributed by atoms with Crippen molar-refractivity contribution in [2.24, 2.45) is 5.16 Å². The van der Waals surface area contributed by atoms with Crippen LogP contribution in [0.4, 0.5) is 0 Å². The first kappa shape index (κ1) is 20.3. The first-order valence-electron chi connectivity index (χ1n) is 8.11. The summed E-state index contributed by atoms with van der Waals surface area (Å²) in [5, 5.41) is 3.44. The lowest BCUT2D eigenvalue weighted by Crippen LogP contribution is -2.07. The van der Waals surface area contributed by atoms with Crippen molar-refractivity contribution in [2.75, 3.05) is 20.0 Å². The smallest absolute Gasteiger partial charge is 0.328 e. The van der Waals surface area contributed by atoms with Gasteiger partial charge in [0.2, 0.25) is 0 Å². The summed E-state index contributed by atoms with van der Waals surface area (Å²) in [6.45, 7) is 2.14. The highest BCUT2D eigenvalue weighted by atomic mass is 32.2. The lowest BCUT2D eigenvalue weighted by Gasteiger charge is -2.07. The van der Waals surface area contributed by atoms with Crippen LogP contribution >= 0.6 is 0 Å². The fraction of sp³-hybridized carbons (Fsp3) is 0.588. The molecule has 1 aromatic carbocycles. The molecule has 0 saturated heterocycles. The third-order valence-electron chi connectivity index (χ3n) is 3.46. The minimum absolute atomic E-state index is 0.0315. The quantitative estimate of drug-likeness (QED) is 0.325. The number of nitrogens with zero attached hydrogens (tertiary/aromatic N) is 1. The van der Waals surface area contributed by atoms with Gasteiger partial charge in [-0.3, -0.25) is 4.28 Å². The zero-order valence-corrected chi connectivity index (χ0v) is 15.4. The molecule has 0 spiro atoms. The number of ether oxygens (including phenoxy) is 2.